The fourth-order valence-corrected chi connectivity index (χ4v) is 7.52. The third kappa shape index (κ3) is 5.76. The van der Waals surface area contributed by atoms with Gasteiger partial charge in [0, 0.05) is 50.9 Å². The highest BCUT2D eigenvalue weighted by molar-refractivity contribution is 8.26. The number of anilines is 1. The Hall–Kier alpha value is -2.93. The summed E-state index contributed by atoms with van der Waals surface area (Å²) in [5, 5.41) is 9.95. The molecular formula is C31H37N5O2S2. The highest BCUT2D eigenvalue weighted by Gasteiger charge is 2.38. The Morgan fingerprint density at radius 1 is 1.07 bits per heavy atom. The second-order valence-electron chi connectivity index (χ2n) is 10.9. The lowest BCUT2D eigenvalue weighted by Crippen LogP contribution is -2.48. The molecule has 0 radical (unpaired) electrons. The van der Waals surface area contributed by atoms with Crippen molar-refractivity contribution in [2.45, 2.75) is 71.5 Å². The van der Waals surface area contributed by atoms with Crippen LogP contribution in [-0.4, -0.2) is 56.8 Å². The first-order chi connectivity index (χ1) is 19.4. The molecule has 40 heavy (non-hydrogen) atoms. The van der Waals surface area contributed by atoms with Gasteiger partial charge in [0.25, 0.3) is 11.5 Å². The molecule has 0 N–H and O–H groups in total. The van der Waals surface area contributed by atoms with Crippen molar-refractivity contribution in [3.05, 3.63) is 67.8 Å². The number of rotatable bonds is 7. The molecule has 7 nitrogen and oxygen atoms in total. The quantitative estimate of drug-likeness (QED) is 0.328. The Bertz CT molecular complexity index is 1400. The second kappa shape index (κ2) is 12.7. The van der Waals surface area contributed by atoms with Crippen molar-refractivity contribution in [3.63, 3.8) is 0 Å². The molecule has 1 aromatic heterocycles. The van der Waals surface area contributed by atoms with E-state index in [0.29, 0.717) is 21.3 Å². The summed E-state index contributed by atoms with van der Waals surface area (Å²) in [6, 6.07) is 12.8. The minimum Gasteiger partial charge on any atom is -0.355 e. The van der Waals surface area contributed by atoms with Crippen LogP contribution in [0.2, 0.25) is 0 Å². The van der Waals surface area contributed by atoms with Crippen LogP contribution in [0.1, 0.15) is 67.7 Å². The summed E-state index contributed by atoms with van der Waals surface area (Å²) in [6.07, 6.45) is 8.07. The smallest absolute Gasteiger partial charge is 0.270 e. The maximum atomic E-state index is 13.7. The van der Waals surface area contributed by atoms with Crippen molar-refractivity contribution < 1.29 is 4.79 Å². The van der Waals surface area contributed by atoms with E-state index in [9.17, 15) is 14.9 Å². The molecule has 3 heterocycles. The number of amides is 1. The van der Waals surface area contributed by atoms with E-state index in [0.717, 1.165) is 76.2 Å². The minimum atomic E-state index is -0.254. The van der Waals surface area contributed by atoms with E-state index in [2.05, 4.69) is 40.1 Å². The number of hydrogen-bond donors (Lipinski definition) is 0. The fraction of sp³-hybridized carbons (Fsp3) is 0.484. The molecular weight excluding hydrogens is 539 g/mol. The fourth-order valence-electron chi connectivity index (χ4n) is 6.14. The molecule has 3 aliphatic rings. The molecule has 3 fully saturated rings. The normalized spacial score (nSPS) is 20.0. The van der Waals surface area contributed by atoms with E-state index in [4.69, 9.17) is 12.2 Å². The zero-order chi connectivity index (χ0) is 28.2. The van der Waals surface area contributed by atoms with Crippen molar-refractivity contribution in [1.29, 1.82) is 5.26 Å². The Morgan fingerprint density at radius 2 is 1.77 bits per heavy atom. The number of carbonyl (C=O) groups excluding carboxylic acids is 1. The Balaban J connectivity index is 1.50. The van der Waals surface area contributed by atoms with E-state index in [1.54, 1.807) is 4.57 Å². The Morgan fingerprint density at radius 3 is 2.42 bits per heavy atom. The van der Waals surface area contributed by atoms with Crippen molar-refractivity contribution in [1.82, 2.24) is 14.4 Å². The molecule has 2 saturated heterocycles. The predicted octanol–water partition coefficient (Wildman–Crippen LogP) is 5.29. The Kier molecular flexibility index (Phi) is 9.09. The molecule has 0 unspecified atom stereocenters. The number of piperazine rings is 1. The van der Waals surface area contributed by atoms with Crippen LogP contribution in [0.25, 0.3) is 6.08 Å². The zero-order valence-electron chi connectivity index (χ0n) is 23.4. The summed E-state index contributed by atoms with van der Waals surface area (Å²) in [6.45, 7) is 8.50. The molecule has 1 aromatic carbocycles. The van der Waals surface area contributed by atoms with Crippen LogP contribution < -0.4 is 10.5 Å². The third-order valence-corrected chi connectivity index (χ3v) is 9.58. The number of pyridine rings is 1. The van der Waals surface area contributed by atoms with Gasteiger partial charge in [-0.1, -0.05) is 80.5 Å². The van der Waals surface area contributed by atoms with Gasteiger partial charge in [-0.15, -0.1) is 0 Å². The first kappa shape index (κ1) is 28.6. The zero-order valence-corrected chi connectivity index (χ0v) is 25.0. The monoisotopic (exact) mass is 575 g/mol. The first-order valence-corrected chi connectivity index (χ1v) is 15.6. The van der Waals surface area contributed by atoms with E-state index in [1.807, 2.05) is 30.9 Å². The van der Waals surface area contributed by atoms with Gasteiger partial charge in [0.05, 0.1) is 4.91 Å². The molecule has 1 aliphatic carbocycles. The number of thioether (sulfide) groups is 1. The lowest BCUT2D eigenvalue weighted by molar-refractivity contribution is -0.124. The van der Waals surface area contributed by atoms with Crippen LogP contribution in [0.3, 0.4) is 0 Å². The molecule has 0 spiro atoms. The maximum absolute atomic E-state index is 13.7. The average Bonchev–Trinajstić information content (AvgIpc) is 3.25. The molecule has 2 aromatic rings. The summed E-state index contributed by atoms with van der Waals surface area (Å²) in [7, 11) is 0. The Labute approximate surface area is 246 Å². The molecule has 9 heteroatoms. The van der Waals surface area contributed by atoms with E-state index < -0.39 is 0 Å². The highest BCUT2D eigenvalue weighted by atomic mass is 32.2. The lowest BCUT2D eigenvalue weighted by Gasteiger charge is -2.38. The van der Waals surface area contributed by atoms with Crippen LogP contribution in [0, 0.1) is 18.3 Å². The van der Waals surface area contributed by atoms with Crippen molar-refractivity contribution in [2.75, 3.05) is 31.1 Å². The van der Waals surface area contributed by atoms with Crippen LogP contribution in [0.5, 0.6) is 0 Å². The van der Waals surface area contributed by atoms with E-state index in [-0.39, 0.29) is 23.1 Å². The van der Waals surface area contributed by atoms with Crippen LogP contribution >= 0.6 is 24.0 Å². The van der Waals surface area contributed by atoms with E-state index >= 15 is 0 Å². The van der Waals surface area contributed by atoms with Gasteiger partial charge in [-0.3, -0.25) is 24.0 Å². The van der Waals surface area contributed by atoms with Crippen LogP contribution in [0.4, 0.5) is 5.82 Å². The molecule has 1 saturated carbocycles. The number of carbonyl (C=O) groups is 1. The van der Waals surface area contributed by atoms with Crippen LogP contribution in [-0.2, 0) is 17.9 Å². The number of hydrogen-bond acceptors (Lipinski definition) is 7. The van der Waals surface area contributed by atoms with Gasteiger partial charge < -0.3 is 4.90 Å². The van der Waals surface area contributed by atoms with Gasteiger partial charge in [-0.05, 0) is 43.4 Å². The number of nitrogens with zero attached hydrogens (tertiary/aromatic N) is 5. The summed E-state index contributed by atoms with van der Waals surface area (Å²) < 4.78 is 2.37. The van der Waals surface area contributed by atoms with Crippen molar-refractivity contribution >= 4 is 46.1 Å². The molecule has 2 aliphatic heterocycles. The number of aromatic nitrogens is 1. The summed E-state index contributed by atoms with van der Waals surface area (Å²) in [5.41, 5.74) is 2.59. The molecule has 0 bridgehead atoms. The van der Waals surface area contributed by atoms with Crippen molar-refractivity contribution in [2.24, 2.45) is 0 Å². The highest BCUT2D eigenvalue weighted by Crippen LogP contribution is 2.39. The average molecular weight is 576 g/mol. The first-order valence-electron chi connectivity index (χ1n) is 14.4. The summed E-state index contributed by atoms with van der Waals surface area (Å²) in [5.74, 6) is 0.761. The molecule has 5 rings (SSSR count). The van der Waals surface area contributed by atoms with Gasteiger partial charge in [0.2, 0.25) is 0 Å². The predicted molar refractivity (Wildman–Crippen MR) is 166 cm³/mol. The minimum absolute atomic E-state index is 0.0494. The SMILES string of the molecule is CCCn1c(N2CCN(Cc3ccccc3)CC2)c(/C=C2\SC(=S)N(C3CCCCC3)C2=O)c(C)c(C#N)c1=O. The number of benzene rings is 1. The lowest BCUT2D eigenvalue weighted by atomic mass is 9.94. The maximum Gasteiger partial charge on any atom is 0.270 e. The molecule has 0 atom stereocenters. The number of nitriles is 1. The van der Waals surface area contributed by atoms with Crippen molar-refractivity contribution in [3.8, 4) is 6.07 Å². The van der Waals surface area contributed by atoms with Gasteiger partial charge in [-0.2, -0.15) is 5.26 Å². The molecule has 1 amide bonds. The second-order valence-corrected chi connectivity index (χ2v) is 12.6. The number of thiocarbonyl (C=S) groups is 1. The standard InChI is InChI=1S/C31H37N5O2S2/c1-3-14-35-28(34-17-15-33(16-18-34)21-23-10-6-4-7-11-23)25(22(2)26(20-32)29(35)37)19-27-30(38)36(31(39)40-27)24-12-8-5-9-13-24/h4,6-7,10-11,19,24H,3,5,8-9,12-18,21H2,1-2H3/b27-19-. The van der Waals surface area contributed by atoms with Gasteiger partial charge in [0.15, 0.2) is 0 Å². The largest absolute Gasteiger partial charge is 0.355 e. The van der Waals surface area contributed by atoms with Gasteiger partial charge >= 0.3 is 0 Å². The summed E-state index contributed by atoms with van der Waals surface area (Å²) in [4.78, 5) is 34.3. The van der Waals surface area contributed by atoms with Crippen LogP contribution in [0.15, 0.2) is 40.0 Å². The van der Waals surface area contributed by atoms with E-state index in [1.165, 1.54) is 23.7 Å². The summed E-state index contributed by atoms with van der Waals surface area (Å²) >= 11 is 7.03. The van der Waals surface area contributed by atoms with Gasteiger partial charge in [0.1, 0.15) is 21.8 Å². The molecule has 210 valence electrons. The topological polar surface area (TPSA) is 72.6 Å². The third-order valence-electron chi connectivity index (χ3n) is 8.25. The van der Waals surface area contributed by atoms with Gasteiger partial charge in [-0.25, -0.2) is 0 Å².